The summed E-state index contributed by atoms with van der Waals surface area (Å²) in [4.78, 5) is 29.0. The van der Waals surface area contributed by atoms with Crippen LogP contribution in [0.25, 0.3) is 22.0 Å². The zero-order valence-electron chi connectivity index (χ0n) is 24.3. The monoisotopic (exact) mass is 610 g/mol. The average Bonchev–Trinajstić information content (AvgIpc) is 2.95. The molecule has 226 valence electrons. The van der Waals surface area contributed by atoms with Crippen LogP contribution in [-0.2, 0) is 21.2 Å². The number of nitrogens with one attached hydrogen (secondary N) is 1. The van der Waals surface area contributed by atoms with E-state index in [9.17, 15) is 22.0 Å². The molecule has 1 aliphatic heterocycles. The Morgan fingerprint density at radius 3 is 2.40 bits per heavy atom. The molecule has 10 nitrogen and oxygen atoms in total. The number of hydrogen-bond acceptors (Lipinski definition) is 8. The number of aromatic nitrogens is 3. The van der Waals surface area contributed by atoms with Crippen molar-refractivity contribution in [1.82, 2.24) is 19.9 Å². The van der Waals surface area contributed by atoms with Crippen molar-refractivity contribution in [3.8, 4) is 11.1 Å². The molecule has 0 aliphatic carbocycles. The number of carbonyl (C=O) groups excluding carboxylic acids is 1. The van der Waals surface area contributed by atoms with E-state index in [-0.39, 0.29) is 11.8 Å². The summed E-state index contributed by atoms with van der Waals surface area (Å²) in [6.45, 7) is 9.37. The summed E-state index contributed by atoms with van der Waals surface area (Å²) in [7, 11) is -4.36. The zero-order valence-corrected chi connectivity index (χ0v) is 25.1. The molecule has 4 aromatic rings. The van der Waals surface area contributed by atoms with Crippen molar-refractivity contribution in [2.45, 2.75) is 44.6 Å². The van der Waals surface area contributed by atoms with Gasteiger partial charge in [0.05, 0.1) is 16.9 Å². The lowest BCUT2D eigenvalue weighted by Gasteiger charge is -2.36. The SMILES string of the molecule is CCc1ncc(-c2ccc3ncnc(N4CCN(C(=O)OC(C)(C)C)CC4)c3c2)cc1NS(=O)(=O)c1ccc(F)cc1F. The summed E-state index contributed by atoms with van der Waals surface area (Å²) in [5.41, 5.74) is 2.14. The molecule has 2 aromatic heterocycles. The minimum absolute atomic E-state index is 0.187. The predicted molar refractivity (Wildman–Crippen MR) is 159 cm³/mol. The molecular weight excluding hydrogens is 578 g/mol. The highest BCUT2D eigenvalue weighted by atomic mass is 32.2. The van der Waals surface area contributed by atoms with Gasteiger partial charge in [-0.15, -0.1) is 0 Å². The van der Waals surface area contributed by atoms with Gasteiger partial charge in [-0.05, 0) is 63.1 Å². The first-order valence-corrected chi connectivity index (χ1v) is 15.3. The molecule has 1 N–H and O–H groups in total. The van der Waals surface area contributed by atoms with E-state index in [1.807, 2.05) is 45.9 Å². The number of ether oxygens (including phenoxy) is 1. The van der Waals surface area contributed by atoms with Crippen LogP contribution >= 0.6 is 0 Å². The number of fused-ring (bicyclic) bond motifs is 1. The van der Waals surface area contributed by atoms with E-state index < -0.39 is 32.2 Å². The van der Waals surface area contributed by atoms with Crippen LogP contribution in [0.15, 0.2) is 59.9 Å². The first-order chi connectivity index (χ1) is 20.3. The van der Waals surface area contributed by atoms with Crippen molar-refractivity contribution < 1.29 is 26.7 Å². The van der Waals surface area contributed by atoms with Gasteiger partial charge in [-0.1, -0.05) is 13.0 Å². The zero-order chi connectivity index (χ0) is 30.9. The third-order valence-electron chi connectivity index (χ3n) is 6.91. The summed E-state index contributed by atoms with van der Waals surface area (Å²) >= 11 is 0. The number of pyridine rings is 1. The summed E-state index contributed by atoms with van der Waals surface area (Å²) in [5, 5.41) is 0.779. The molecule has 0 atom stereocenters. The molecule has 1 saturated heterocycles. The van der Waals surface area contributed by atoms with E-state index in [1.54, 1.807) is 17.2 Å². The largest absolute Gasteiger partial charge is 0.444 e. The molecule has 0 radical (unpaired) electrons. The molecule has 13 heteroatoms. The number of halogens is 2. The van der Waals surface area contributed by atoms with E-state index in [1.165, 1.54) is 6.33 Å². The summed E-state index contributed by atoms with van der Waals surface area (Å²) in [6, 6.07) is 9.53. The van der Waals surface area contributed by atoms with E-state index in [4.69, 9.17) is 4.74 Å². The second-order valence-corrected chi connectivity index (χ2v) is 12.8. The Hall–Kier alpha value is -4.39. The Morgan fingerprint density at radius 1 is 0.977 bits per heavy atom. The Kier molecular flexibility index (Phi) is 8.19. The van der Waals surface area contributed by atoms with Gasteiger partial charge in [-0.2, -0.15) is 0 Å². The molecule has 1 aliphatic rings. The van der Waals surface area contributed by atoms with Crippen molar-refractivity contribution in [2.24, 2.45) is 0 Å². The van der Waals surface area contributed by atoms with Crippen LogP contribution in [0.2, 0.25) is 0 Å². The maximum Gasteiger partial charge on any atom is 0.410 e. The third-order valence-corrected chi connectivity index (χ3v) is 8.31. The van der Waals surface area contributed by atoms with E-state index in [0.717, 1.165) is 23.1 Å². The second kappa shape index (κ2) is 11.7. The van der Waals surface area contributed by atoms with Gasteiger partial charge >= 0.3 is 6.09 Å². The standard InChI is InChI=1S/C30H32F2N6O4S/c1-5-24-26(36-43(40,41)27-9-7-21(31)16-23(27)32)15-20(17-33-24)19-6-8-25-22(14-19)28(35-18-34-25)37-10-12-38(13-11-37)29(39)42-30(2,3)4/h6-9,14-18,36H,5,10-13H2,1-4H3. The summed E-state index contributed by atoms with van der Waals surface area (Å²) in [5.74, 6) is -1.36. The average molecular weight is 611 g/mol. The molecule has 43 heavy (non-hydrogen) atoms. The maximum atomic E-state index is 14.3. The number of rotatable bonds is 6. The number of anilines is 2. The summed E-state index contributed by atoms with van der Waals surface area (Å²) in [6.07, 6.45) is 3.20. The van der Waals surface area contributed by atoms with Crippen LogP contribution in [0.4, 0.5) is 25.1 Å². The Morgan fingerprint density at radius 2 is 1.72 bits per heavy atom. The topological polar surface area (TPSA) is 118 Å². The Balaban J connectivity index is 1.43. The molecule has 3 heterocycles. The van der Waals surface area contributed by atoms with Crippen molar-refractivity contribution in [3.05, 3.63) is 72.3 Å². The molecule has 1 amide bonds. The quantitative estimate of drug-likeness (QED) is 0.309. The van der Waals surface area contributed by atoms with Crippen LogP contribution in [0.3, 0.4) is 0 Å². The fourth-order valence-electron chi connectivity index (χ4n) is 4.82. The van der Waals surface area contributed by atoms with Gasteiger partial charge in [0, 0.05) is 49.4 Å². The molecule has 0 saturated carbocycles. The van der Waals surface area contributed by atoms with Crippen LogP contribution in [-0.4, -0.2) is 66.1 Å². The van der Waals surface area contributed by atoms with Gasteiger partial charge in [-0.3, -0.25) is 9.71 Å². The van der Waals surface area contributed by atoms with Crippen molar-refractivity contribution in [2.75, 3.05) is 35.8 Å². The van der Waals surface area contributed by atoms with Crippen molar-refractivity contribution in [1.29, 1.82) is 0 Å². The highest BCUT2D eigenvalue weighted by Crippen LogP contribution is 2.32. The first-order valence-electron chi connectivity index (χ1n) is 13.8. The van der Waals surface area contributed by atoms with E-state index in [0.29, 0.717) is 61.3 Å². The van der Waals surface area contributed by atoms with E-state index >= 15 is 0 Å². The number of carbonyl (C=O) groups is 1. The second-order valence-electron chi connectivity index (χ2n) is 11.1. The Labute approximate surface area is 248 Å². The molecule has 5 rings (SSSR count). The van der Waals surface area contributed by atoms with Gasteiger partial charge in [0.25, 0.3) is 10.0 Å². The minimum Gasteiger partial charge on any atom is -0.444 e. The normalized spacial score (nSPS) is 14.2. The first kappa shape index (κ1) is 30.1. The minimum atomic E-state index is -4.36. The van der Waals surface area contributed by atoms with Crippen LogP contribution < -0.4 is 9.62 Å². The van der Waals surface area contributed by atoms with Crippen molar-refractivity contribution in [3.63, 3.8) is 0 Å². The smallest absolute Gasteiger partial charge is 0.410 e. The number of amides is 1. The number of benzene rings is 2. The van der Waals surface area contributed by atoms with Gasteiger partial charge in [-0.25, -0.2) is 32.0 Å². The third kappa shape index (κ3) is 6.66. The number of sulfonamides is 1. The Bertz CT molecular complexity index is 1790. The van der Waals surface area contributed by atoms with Crippen LogP contribution in [0.1, 0.15) is 33.4 Å². The number of aryl methyl sites for hydroxylation is 1. The van der Waals surface area contributed by atoms with Gasteiger partial charge in [0.2, 0.25) is 0 Å². The van der Waals surface area contributed by atoms with Gasteiger partial charge in [0.1, 0.15) is 34.3 Å². The van der Waals surface area contributed by atoms with Gasteiger partial charge < -0.3 is 14.5 Å². The van der Waals surface area contributed by atoms with Gasteiger partial charge in [0.15, 0.2) is 0 Å². The fourth-order valence-corrected chi connectivity index (χ4v) is 5.95. The molecule has 1 fully saturated rings. The lowest BCUT2D eigenvalue weighted by molar-refractivity contribution is 0.0240. The lowest BCUT2D eigenvalue weighted by Crippen LogP contribution is -2.50. The predicted octanol–water partition coefficient (Wildman–Crippen LogP) is 5.39. The summed E-state index contributed by atoms with van der Waals surface area (Å²) < 4.78 is 61.7. The maximum absolute atomic E-state index is 14.3. The number of hydrogen-bond donors (Lipinski definition) is 1. The molecule has 0 unspecified atom stereocenters. The molecule has 0 bridgehead atoms. The number of nitrogens with zero attached hydrogens (tertiary/aromatic N) is 5. The fraction of sp³-hybridized carbons (Fsp3) is 0.333. The number of piperazine rings is 1. The molecule has 0 spiro atoms. The van der Waals surface area contributed by atoms with Crippen LogP contribution in [0.5, 0.6) is 0 Å². The molecule has 2 aromatic carbocycles. The molecular formula is C30H32F2N6O4S. The van der Waals surface area contributed by atoms with E-state index in [2.05, 4.69) is 24.6 Å². The van der Waals surface area contributed by atoms with Crippen molar-refractivity contribution >= 4 is 38.5 Å². The van der Waals surface area contributed by atoms with Crippen LogP contribution in [0, 0.1) is 11.6 Å². The highest BCUT2D eigenvalue weighted by molar-refractivity contribution is 7.92. The lowest BCUT2D eigenvalue weighted by atomic mass is 10.0. The highest BCUT2D eigenvalue weighted by Gasteiger charge is 2.27.